The Balaban J connectivity index is 0.00000192. The summed E-state index contributed by atoms with van der Waals surface area (Å²) in [6, 6.07) is 10.3. The van der Waals surface area contributed by atoms with Crippen LogP contribution in [0.4, 0.5) is 0 Å². The third-order valence-electron chi connectivity index (χ3n) is 3.80. The second kappa shape index (κ2) is 7.64. The van der Waals surface area contributed by atoms with E-state index in [1.165, 1.54) is 12.3 Å². The molecule has 0 bridgehead atoms. The zero-order valence-electron chi connectivity index (χ0n) is 12.3. The van der Waals surface area contributed by atoms with E-state index in [1.54, 1.807) is 11.0 Å². The van der Waals surface area contributed by atoms with E-state index < -0.39 is 0 Å². The SMILES string of the molecule is Cl.O=C(c1ccc(=O)[nH]c1)N1CCNCC1c1ccccc1Cl. The van der Waals surface area contributed by atoms with Crippen molar-refractivity contribution in [2.45, 2.75) is 6.04 Å². The molecule has 1 aliphatic heterocycles. The van der Waals surface area contributed by atoms with Crippen molar-refractivity contribution in [2.75, 3.05) is 19.6 Å². The fraction of sp³-hybridized carbons (Fsp3) is 0.250. The lowest BCUT2D eigenvalue weighted by Crippen LogP contribution is -2.48. The van der Waals surface area contributed by atoms with E-state index in [0.29, 0.717) is 23.7 Å². The van der Waals surface area contributed by atoms with Gasteiger partial charge in [0.2, 0.25) is 5.56 Å². The van der Waals surface area contributed by atoms with Gasteiger partial charge in [0.05, 0.1) is 11.6 Å². The number of carbonyl (C=O) groups excluding carboxylic acids is 1. The zero-order chi connectivity index (χ0) is 15.5. The van der Waals surface area contributed by atoms with Gasteiger partial charge in [-0.1, -0.05) is 29.8 Å². The number of aromatic nitrogens is 1. The number of halogens is 2. The van der Waals surface area contributed by atoms with Crippen molar-refractivity contribution in [2.24, 2.45) is 0 Å². The molecule has 1 atom stereocenters. The predicted octanol–water partition coefficient (Wildman–Crippen LogP) is 2.24. The molecule has 0 saturated carbocycles. The largest absolute Gasteiger partial charge is 0.329 e. The average molecular weight is 354 g/mol. The quantitative estimate of drug-likeness (QED) is 0.869. The third-order valence-corrected chi connectivity index (χ3v) is 4.14. The predicted molar refractivity (Wildman–Crippen MR) is 92.4 cm³/mol. The molecule has 1 aromatic carbocycles. The number of nitrogens with zero attached hydrogens (tertiary/aromatic N) is 1. The molecule has 23 heavy (non-hydrogen) atoms. The topological polar surface area (TPSA) is 65.2 Å². The minimum absolute atomic E-state index is 0. The molecular weight excluding hydrogens is 337 g/mol. The van der Waals surface area contributed by atoms with Gasteiger partial charge < -0.3 is 15.2 Å². The molecule has 1 fully saturated rings. The van der Waals surface area contributed by atoms with Crippen LogP contribution in [0.25, 0.3) is 0 Å². The van der Waals surface area contributed by atoms with Crippen LogP contribution in [0, 0.1) is 0 Å². The summed E-state index contributed by atoms with van der Waals surface area (Å²) in [6.07, 6.45) is 1.45. The average Bonchev–Trinajstić information content (AvgIpc) is 2.55. The van der Waals surface area contributed by atoms with E-state index in [9.17, 15) is 9.59 Å². The van der Waals surface area contributed by atoms with Crippen LogP contribution < -0.4 is 10.9 Å². The summed E-state index contributed by atoms with van der Waals surface area (Å²) >= 11 is 6.28. The smallest absolute Gasteiger partial charge is 0.255 e. The third kappa shape index (κ3) is 3.75. The van der Waals surface area contributed by atoms with E-state index in [0.717, 1.165) is 12.1 Å². The number of aromatic amines is 1. The van der Waals surface area contributed by atoms with Gasteiger partial charge in [-0.05, 0) is 17.7 Å². The molecule has 0 spiro atoms. The number of carbonyl (C=O) groups is 1. The van der Waals surface area contributed by atoms with Gasteiger partial charge in [0, 0.05) is 36.9 Å². The molecule has 1 aromatic heterocycles. The van der Waals surface area contributed by atoms with Gasteiger partial charge in [-0.3, -0.25) is 9.59 Å². The van der Waals surface area contributed by atoms with Crippen molar-refractivity contribution in [1.82, 2.24) is 15.2 Å². The second-order valence-electron chi connectivity index (χ2n) is 5.18. The first kappa shape index (κ1) is 17.5. The molecule has 0 radical (unpaired) electrons. The number of hydrogen-bond donors (Lipinski definition) is 2. The Hall–Kier alpha value is -1.82. The van der Waals surface area contributed by atoms with Crippen molar-refractivity contribution >= 4 is 29.9 Å². The molecule has 1 unspecified atom stereocenters. The lowest BCUT2D eigenvalue weighted by atomic mass is 10.0. The molecule has 2 heterocycles. The Kier molecular flexibility index (Phi) is 5.82. The van der Waals surface area contributed by atoms with Crippen LogP contribution >= 0.6 is 24.0 Å². The van der Waals surface area contributed by atoms with Crippen molar-refractivity contribution in [1.29, 1.82) is 0 Å². The van der Waals surface area contributed by atoms with Gasteiger partial charge in [0.1, 0.15) is 0 Å². The fourth-order valence-electron chi connectivity index (χ4n) is 2.68. The summed E-state index contributed by atoms with van der Waals surface area (Å²) in [5.74, 6) is -0.109. The number of benzene rings is 1. The van der Waals surface area contributed by atoms with Crippen LogP contribution in [-0.4, -0.2) is 35.4 Å². The molecule has 1 saturated heterocycles. The first-order chi connectivity index (χ1) is 10.7. The Morgan fingerprint density at radius 2 is 2.00 bits per heavy atom. The first-order valence-corrected chi connectivity index (χ1v) is 7.49. The Labute approximate surface area is 145 Å². The summed E-state index contributed by atoms with van der Waals surface area (Å²) < 4.78 is 0. The van der Waals surface area contributed by atoms with E-state index >= 15 is 0 Å². The van der Waals surface area contributed by atoms with Crippen molar-refractivity contribution in [3.8, 4) is 0 Å². The van der Waals surface area contributed by atoms with Gasteiger partial charge in [-0.25, -0.2) is 0 Å². The maximum atomic E-state index is 12.7. The van der Waals surface area contributed by atoms with Crippen LogP contribution in [0.1, 0.15) is 22.0 Å². The fourth-order valence-corrected chi connectivity index (χ4v) is 2.94. The number of piperazine rings is 1. The summed E-state index contributed by atoms with van der Waals surface area (Å²) in [7, 11) is 0. The first-order valence-electron chi connectivity index (χ1n) is 7.11. The molecule has 2 N–H and O–H groups in total. The standard InChI is InChI=1S/C16H16ClN3O2.ClH/c17-13-4-2-1-3-12(13)14-10-18-7-8-20(14)16(22)11-5-6-15(21)19-9-11;/h1-6,9,14,18H,7-8,10H2,(H,19,21);1H. The Morgan fingerprint density at radius 1 is 1.22 bits per heavy atom. The molecule has 5 nitrogen and oxygen atoms in total. The lowest BCUT2D eigenvalue weighted by Gasteiger charge is -2.37. The van der Waals surface area contributed by atoms with Gasteiger partial charge in [-0.2, -0.15) is 0 Å². The van der Waals surface area contributed by atoms with Crippen LogP contribution in [0.3, 0.4) is 0 Å². The van der Waals surface area contributed by atoms with Crippen molar-refractivity contribution in [3.63, 3.8) is 0 Å². The van der Waals surface area contributed by atoms with Gasteiger partial charge in [0.15, 0.2) is 0 Å². The highest BCUT2D eigenvalue weighted by atomic mass is 35.5. The van der Waals surface area contributed by atoms with Crippen molar-refractivity contribution in [3.05, 3.63) is 69.1 Å². The highest BCUT2D eigenvalue weighted by molar-refractivity contribution is 6.31. The van der Waals surface area contributed by atoms with Crippen LogP contribution in [0.2, 0.25) is 5.02 Å². The number of pyridine rings is 1. The van der Waals surface area contributed by atoms with E-state index in [-0.39, 0.29) is 29.9 Å². The minimum atomic E-state index is -0.223. The van der Waals surface area contributed by atoms with E-state index in [4.69, 9.17) is 11.6 Å². The van der Waals surface area contributed by atoms with Crippen LogP contribution in [0.5, 0.6) is 0 Å². The molecule has 1 amide bonds. The summed E-state index contributed by atoms with van der Waals surface area (Å²) in [4.78, 5) is 28.2. The maximum Gasteiger partial charge on any atom is 0.255 e. The molecule has 2 aromatic rings. The van der Waals surface area contributed by atoms with Crippen LogP contribution in [-0.2, 0) is 0 Å². The molecule has 122 valence electrons. The minimum Gasteiger partial charge on any atom is -0.329 e. The Bertz CT molecular complexity index is 728. The number of amides is 1. The van der Waals surface area contributed by atoms with Crippen LogP contribution in [0.15, 0.2) is 47.4 Å². The Morgan fingerprint density at radius 3 is 2.70 bits per heavy atom. The highest BCUT2D eigenvalue weighted by Crippen LogP contribution is 2.29. The van der Waals surface area contributed by atoms with E-state index in [2.05, 4.69) is 10.3 Å². The van der Waals surface area contributed by atoms with Gasteiger partial charge >= 0.3 is 0 Å². The molecule has 0 aliphatic carbocycles. The van der Waals surface area contributed by atoms with Gasteiger partial charge in [0.25, 0.3) is 5.91 Å². The number of nitrogens with one attached hydrogen (secondary N) is 2. The maximum absolute atomic E-state index is 12.7. The number of rotatable bonds is 2. The van der Waals surface area contributed by atoms with Gasteiger partial charge in [-0.15, -0.1) is 12.4 Å². The molecular formula is C16H17Cl2N3O2. The monoisotopic (exact) mass is 353 g/mol. The molecule has 3 rings (SSSR count). The normalized spacial score (nSPS) is 17.4. The van der Waals surface area contributed by atoms with Crippen molar-refractivity contribution < 1.29 is 4.79 Å². The molecule has 7 heteroatoms. The zero-order valence-corrected chi connectivity index (χ0v) is 13.9. The summed E-state index contributed by atoms with van der Waals surface area (Å²) in [5, 5.41) is 3.94. The summed E-state index contributed by atoms with van der Waals surface area (Å²) in [6.45, 7) is 1.97. The number of H-pyrrole nitrogens is 1. The second-order valence-corrected chi connectivity index (χ2v) is 5.59. The summed E-state index contributed by atoms with van der Waals surface area (Å²) in [5.41, 5.74) is 1.17. The highest BCUT2D eigenvalue weighted by Gasteiger charge is 2.29. The van der Waals surface area contributed by atoms with E-state index in [1.807, 2.05) is 24.3 Å². The molecule has 1 aliphatic rings. The number of hydrogen-bond acceptors (Lipinski definition) is 3. The lowest BCUT2D eigenvalue weighted by molar-refractivity contribution is 0.0634.